The molecule has 0 aliphatic carbocycles. The van der Waals surface area contributed by atoms with E-state index in [9.17, 15) is 14.4 Å². The predicted octanol–water partition coefficient (Wildman–Crippen LogP) is 5.00. The quantitative estimate of drug-likeness (QED) is 0.373. The van der Waals surface area contributed by atoms with Crippen LogP contribution in [-0.4, -0.2) is 42.0 Å². The van der Waals surface area contributed by atoms with Crippen molar-refractivity contribution in [1.82, 2.24) is 9.97 Å². The molecular weight excluding hydrogens is 472 g/mol. The Hall–Kier alpha value is -4.53. The molecule has 0 saturated heterocycles. The molecule has 0 aliphatic heterocycles. The molecular formula is C28H30N4O5. The van der Waals surface area contributed by atoms with Gasteiger partial charge >= 0.3 is 11.9 Å². The van der Waals surface area contributed by atoms with Crippen molar-refractivity contribution < 1.29 is 23.9 Å². The molecule has 9 heteroatoms. The smallest absolute Gasteiger partial charge is 0.337 e. The van der Waals surface area contributed by atoms with Gasteiger partial charge in [0.2, 0.25) is 5.91 Å². The van der Waals surface area contributed by atoms with E-state index in [2.05, 4.69) is 20.0 Å². The molecule has 0 unspecified atom stereocenters. The number of carbonyl (C=O) groups excluding carboxylic acids is 3. The molecule has 0 saturated carbocycles. The monoisotopic (exact) mass is 502 g/mol. The van der Waals surface area contributed by atoms with Gasteiger partial charge in [0, 0.05) is 29.6 Å². The molecule has 1 amide bonds. The second-order valence-corrected chi connectivity index (χ2v) is 9.50. The summed E-state index contributed by atoms with van der Waals surface area (Å²) in [6.07, 6.45) is 3.63. The minimum atomic E-state index is -0.392. The first-order valence-corrected chi connectivity index (χ1v) is 11.5. The normalized spacial score (nSPS) is 10.8. The minimum Gasteiger partial charge on any atom is -0.465 e. The Labute approximate surface area is 215 Å². The first-order chi connectivity index (χ1) is 17.5. The van der Waals surface area contributed by atoms with E-state index in [0.717, 1.165) is 21.5 Å². The highest BCUT2D eigenvalue weighted by Crippen LogP contribution is 2.25. The summed E-state index contributed by atoms with van der Waals surface area (Å²) < 4.78 is 9.34. The zero-order chi connectivity index (χ0) is 27.2. The van der Waals surface area contributed by atoms with E-state index in [4.69, 9.17) is 10.5 Å². The number of nitrogens with zero attached hydrogens (tertiary/aromatic N) is 2. The first-order valence-electron chi connectivity index (χ1n) is 11.5. The number of fused-ring (bicyclic) bond motifs is 2. The molecule has 0 radical (unpaired) electrons. The number of anilines is 2. The Morgan fingerprint density at radius 2 is 1.32 bits per heavy atom. The number of ether oxygens (including phenoxy) is 2. The molecule has 192 valence electrons. The molecule has 0 fully saturated rings. The van der Waals surface area contributed by atoms with Gasteiger partial charge in [0.15, 0.2) is 0 Å². The average Bonchev–Trinajstić information content (AvgIpc) is 2.86. The molecule has 2 aromatic carbocycles. The summed E-state index contributed by atoms with van der Waals surface area (Å²) in [5, 5.41) is 6.17. The van der Waals surface area contributed by atoms with E-state index < -0.39 is 5.97 Å². The van der Waals surface area contributed by atoms with Crippen LogP contribution in [0.15, 0.2) is 60.9 Å². The lowest BCUT2D eigenvalue weighted by molar-refractivity contribution is -0.117. The zero-order valence-corrected chi connectivity index (χ0v) is 21.5. The lowest BCUT2D eigenvalue weighted by atomic mass is 9.92. The van der Waals surface area contributed by atoms with Gasteiger partial charge in [-0.3, -0.25) is 4.79 Å². The third-order valence-electron chi connectivity index (χ3n) is 5.35. The van der Waals surface area contributed by atoms with Crippen LogP contribution in [0.2, 0.25) is 0 Å². The van der Waals surface area contributed by atoms with Gasteiger partial charge in [-0.2, -0.15) is 0 Å². The van der Waals surface area contributed by atoms with Crippen LogP contribution < -0.4 is 11.1 Å². The van der Waals surface area contributed by atoms with Gasteiger partial charge in [0.25, 0.3) is 0 Å². The summed E-state index contributed by atoms with van der Waals surface area (Å²) in [7, 11) is 2.70. The van der Waals surface area contributed by atoms with Crippen LogP contribution in [0.3, 0.4) is 0 Å². The molecule has 3 N–H and O–H groups in total. The maximum absolute atomic E-state index is 12.1. The third kappa shape index (κ3) is 7.00. The maximum Gasteiger partial charge on any atom is 0.337 e. The van der Waals surface area contributed by atoms with Crippen LogP contribution in [0.1, 0.15) is 47.9 Å². The van der Waals surface area contributed by atoms with Crippen molar-refractivity contribution in [2.45, 2.75) is 27.2 Å². The van der Waals surface area contributed by atoms with Crippen molar-refractivity contribution in [3.8, 4) is 0 Å². The molecule has 4 aromatic rings. The summed E-state index contributed by atoms with van der Waals surface area (Å²) in [6.45, 7) is 6.02. The molecule has 0 atom stereocenters. The van der Waals surface area contributed by atoms with Crippen LogP contribution in [0.5, 0.6) is 0 Å². The predicted molar refractivity (Wildman–Crippen MR) is 143 cm³/mol. The largest absolute Gasteiger partial charge is 0.465 e. The van der Waals surface area contributed by atoms with Crippen molar-refractivity contribution in [3.05, 3.63) is 72.1 Å². The number of nitrogens with two attached hydrogens (primary N) is 1. The number of pyridine rings is 2. The fourth-order valence-electron chi connectivity index (χ4n) is 3.63. The van der Waals surface area contributed by atoms with Gasteiger partial charge in [-0.05, 0) is 64.7 Å². The number of nitrogen functional groups attached to an aromatic ring is 1. The Morgan fingerprint density at radius 1 is 0.811 bits per heavy atom. The highest BCUT2D eigenvalue weighted by molar-refractivity contribution is 6.03. The maximum atomic E-state index is 12.1. The van der Waals surface area contributed by atoms with E-state index >= 15 is 0 Å². The Morgan fingerprint density at radius 3 is 1.86 bits per heavy atom. The molecule has 2 aromatic heterocycles. The second-order valence-electron chi connectivity index (χ2n) is 9.50. The summed E-state index contributed by atoms with van der Waals surface area (Å²) in [6, 6.07) is 13.9. The van der Waals surface area contributed by atoms with E-state index in [0.29, 0.717) is 29.2 Å². The van der Waals surface area contributed by atoms with Crippen molar-refractivity contribution in [2.75, 3.05) is 25.3 Å². The molecule has 0 spiro atoms. The number of aromatic nitrogens is 2. The highest BCUT2D eigenvalue weighted by Gasteiger charge is 2.17. The SMILES string of the molecule is COC(=O)c1ccc2c(N)nccc2c1.COC(=O)c1ccc2c(NC(=O)CC(C)(C)C)nccc2c1. The topological polar surface area (TPSA) is 134 Å². The van der Waals surface area contributed by atoms with Crippen molar-refractivity contribution >= 4 is 51.0 Å². The van der Waals surface area contributed by atoms with Crippen molar-refractivity contribution in [1.29, 1.82) is 0 Å². The standard InChI is InChI=1S/C17H20N2O3.C11H10N2O2/c1-17(2,3)10-14(20)19-15-13-6-5-12(16(21)22-4)9-11(13)7-8-18-15;1-15-11(14)8-2-3-9-7(6-8)4-5-13-10(9)12/h5-9H,10H2,1-4H3,(H,18,19,20);2-6H,1H3,(H2,12,13). The summed E-state index contributed by atoms with van der Waals surface area (Å²) >= 11 is 0. The van der Waals surface area contributed by atoms with Crippen LogP contribution in [0, 0.1) is 5.41 Å². The number of methoxy groups -OCH3 is 2. The number of hydrogen-bond donors (Lipinski definition) is 2. The van der Waals surface area contributed by atoms with E-state index in [1.165, 1.54) is 14.2 Å². The molecule has 0 bridgehead atoms. The Bertz CT molecular complexity index is 1460. The number of amides is 1. The summed E-state index contributed by atoms with van der Waals surface area (Å²) in [5.74, 6) is 0.140. The number of benzene rings is 2. The number of nitrogens with one attached hydrogen (secondary N) is 1. The number of rotatable bonds is 4. The Kier molecular flexibility index (Phi) is 8.39. The highest BCUT2D eigenvalue weighted by atomic mass is 16.5. The lowest BCUT2D eigenvalue weighted by Crippen LogP contribution is -2.20. The number of esters is 2. The zero-order valence-electron chi connectivity index (χ0n) is 21.5. The fourth-order valence-corrected chi connectivity index (χ4v) is 3.63. The number of carbonyl (C=O) groups is 3. The van der Waals surface area contributed by atoms with Crippen LogP contribution >= 0.6 is 0 Å². The van der Waals surface area contributed by atoms with Gasteiger partial charge < -0.3 is 20.5 Å². The lowest BCUT2D eigenvalue weighted by Gasteiger charge is -2.17. The summed E-state index contributed by atoms with van der Waals surface area (Å²) in [5.41, 5.74) is 6.57. The first kappa shape index (κ1) is 27.1. The van der Waals surface area contributed by atoms with Crippen LogP contribution in [-0.2, 0) is 14.3 Å². The van der Waals surface area contributed by atoms with Crippen molar-refractivity contribution in [3.63, 3.8) is 0 Å². The molecule has 0 aliphatic rings. The van der Waals surface area contributed by atoms with Crippen LogP contribution in [0.25, 0.3) is 21.5 Å². The molecule has 37 heavy (non-hydrogen) atoms. The van der Waals surface area contributed by atoms with Gasteiger partial charge in [0.05, 0.1) is 25.3 Å². The minimum absolute atomic E-state index is 0.0791. The van der Waals surface area contributed by atoms with Gasteiger partial charge in [-0.25, -0.2) is 19.6 Å². The van der Waals surface area contributed by atoms with Gasteiger partial charge in [-0.15, -0.1) is 0 Å². The van der Waals surface area contributed by atoms with E-state index in [1.54, 1.807) is 60.9 Å². The molecule has 4 rings (SSSR count). The average molecular weight is 503 g/mol. The fraction of sp³-hybridized carbons (Fsp3) is 0.250. The van der Waals surface area contributed by atoms with Gasteiger partial charge in [0.1, 0.15) is 11.6 Å². The van der Waals surface area contributed by atoms with Gasteiger partial charge in [-0.1, -0.05) is 20.8 Å². The number of hydrogen-bond acceptors (Lipinski definition) is 8. The van der Waals surface area contributed by atoms with E-state index in [1.807, 2.05) is 20.8 Å². The second kappa shape index (κ2) is 11.5. The third-order valence-corrected chi connectivity index (χ3v) is 5.35. The van der Waals surface area contributed by atoms with Crippen molar-refractivity contribution in [2.24, 2.45) is 5.41 Å². The van der Waals surface area contributed by atoms with Crippen LogP contribution in [0.4, 0.5) is 11.6 Å². The van der Waals surface area contributed by atoms with E-state index in [-0.39, 0.29) is 17.3 Å². The molecule has 2 heterocycles. The Balaban J connectivity index is 0.000000220. The summed E-state index contributed by atoms with van der Waals surface area (Å²) in [4.78, 5) is 43.1. The molecule has 9 nitrogen and oxygen atoms in total.